The van der Waals surface area contributed by atoms with Gasteiger partial charge in [-0.1, -0.05) is 54.6 Å². The highest BCUT2D eigenvalue weighted by Crippen LogP contribution is 2.30. The molecule has 3 unspecified atom stereocenters. The van der Waals surface area contributed by atoms with Crippen LogP contribution in [0.3, 0.4) is 0 Å². The van der Waals surface area contributed by atoms with Crippen molar-refractivity contribution in [3.05, 3.63) is 108 Å². The van der Waals surface area contributed by atoms with Crippen LogP contribution in [-0.2, 0) is 23.7 Å². The van der Waals surface area contributed by atoms with Gasteiger partial charge in [0.2, 0.25) is 0 Å². The molecule has 0 N–H and O–H groups in total. The molecule has 4 rings (SSSR count). The van der Waals surface area contributed by atoms with Gasteiger partial charge in [-0.3, -0.25) is 0 Å². The molecule has 1 heterocycles. The van der Waals surface area contributed by atoms with Gasteiger partial charge in [0.25, 0.3) is 0 Å². The molecule has 1 aliphatic rings. The molecule has 3 aromatic carbocycles. The number of hydrogen-bond acceptors (Lipinski definition) is 8. The molecule has 0 spiro atoms. The van der Waals surface area contributed by atoms with E-state index in [1.807, 2.05) is 0 Å². The molecule has 192 valence electrons. The Morgan fingerprint density at radius 3 is 1.59 bits per heavy atom. The van der Waals surface area contributed by atoms with E-state index in [9.17, 15) is 14.4 Å². The number of carbonyl (C=O) groups excluding carboxylic acids is 3. The molecule has 0 saturated carbocycles. The molecule has 1 aliphatic heterocycles. The topological polar surface area (TPSA) is 97.4 Å². The second-order valence-electron chi connectivity index (χ2n) is 8.16. The van der Waals surface area contributed by atoms with Crippen molar-refractivity contribution in [1.29, 1.82) is 0 Å². The lowest BCUT2D eigenvalue weighted by molar-refractivity contribution is -0.282. The van der Waals surface area contributed by atoms with Crippen LogP contribution in [0.25, 0.3) is 0 Å². The van der Waals surface area contributed by atoms with Crippen LogP contribution in [0.15, 0.2) is 91.0 Å². The van der Waals surface area contributed by atoms with Gasteiger partial charge < -0.3 is 23.7 Å². The summed E-state index contributed by atoms with van der Waals surface area (Å²) in [7, 11) is 1.27. The molecular formula is C28H25FO8. The normalized spacial score (nSPS) is 23.0. The van der Waals surface area contributed by atoms with Gasteiger partial charge in [0.1, 0.15) is 12.7 Å². The number of rotatable bonds is 8. The van der Waals surface area contributed by atoms with Gasteiger partial charge >= 0.3 is 17.9 Å². The highest BCUT2D eigenvalue weighted by molar-refractivity contribution is 5.90. The Balaban J connectivity index is 1.55. The molecule has 37 heavy (non-hydrogen) atoms. The number of hydrogen-bond donors (Lipinski definition) is 0. The first-order valence-electron chi connectivity index (χ1n) is 11.5. The average molecular weight is 508 g/mol. The van der Waals surface area contributed by atoms with Crippen molar-refractivity contribution in [2.75, 3.05) is 13.7 Å². The quantitative estimate of drug-likeness (QED) is 0.333. The van der Waals surface area contributed by atoms with Gasteiger partial charge in [-0.05, 0) is 36.4 Å². The third kappa shape index (κ3) is 6.38. The zero-order valence-electron chi connectivity index (χ0n) is 19.9. The van der Waals surface area contributed by atoms with Crippen molar-refractivity contribution in [1.82, 2.24) is 0 Å². The minimum absolute atomic E-state index is 0.176. The Labute approximate surface area is 212 Å². The summed E-state index contributed by atoms with van der Waals surface area (Å²) in [4.78, 5) is 38.0. The van der Waals surface area contributed by atoms with Crippen molar-refractivity contribution >= 4 is 17.9 Å². The number of esters is 3. The largest absolute Gasteiger partial charge is 0.459 e. The predicted molar refractivity (Wildman–Crippen MR) is 129 cm³/mol. The molecule has 0 bridgehead atoms. The fraction of sp³-hybridized carbons (Fsp3) is 0.250. The summed E-state index contributed by atoms with van der Waals surface area (Å²) in [6.07, 6.45) is -7.75. The van der Waals surface area contributed by atoms with Gasteiger partial charge in [0.05, 0.1) is 16.7 Å². The number of ether oxygens (including phenoxy) is 5. The minimum atomic E-state index is -2.02. The van der Waals surface area contributed by atoms with E-state index in [1.165, 1.54) is 31.4 Å². The first-order valence-corrected chi connectivity index (χ1v) is 11.5. The van der Waals surface area contributed by atoms with Gasteiger partial charge in [-0.2, -0.15) is 0 Å². The number of carbonyl (C=O) groups is 3. The molecule has 5 atom stereocenters. The van der Waals surface area contributed by atoms with Crippen LogP contribution in [0.4, 0.5) is 4.39 Å². The van der Waals surface area contributed by atoms with Crippen molar-refractivity contribution < 1.29 is 42.5 Å². The number of benzene rings is 3. The van der Waals surface area contributed by atoms with Gasteiger partial charge in [-0.25, -0.2) is 18.8 Å². The van der Waals surface area contributed by atoms with E-state index in [0.29, 0.717) is 0 Å². The Morgan fingerprint density at radius 2 is 1.14 bits per heavy atom. The Kier molecular flexibility index (Phi) is 8.60. The van der Waals surface area contributed by atoms with Gasteiger partial charge in [0, 0.05) is 7.11 Å². The van der Waals surface area contributed by atoms with Crippen LogP contribution in [0.1, 0.15) is 31.1 Å². The SMILES string of the molecule is CO[C@@H]1OC(COC(=O)c2ccccc2)[C@H](F)C(OC(=O)c2ccccc2)C1OC(=O)c1ccccc1. The molecule has 0 aliphatic carbocycles. The second kappa shape index (κ2) is 12.2. The third-order valence-corrected chi connectivity index (χ3v) is 5.70. The molecule has 1 fully saturated rings. The van der Waals surface area contributed by atoms with Crippen molar-refractivity contribution in [3.63, 3.8) is 0 Å². The molecule has 0 radical (unpaired) electrons. The molecular weight excluding hydrogens is 483 g/mol. The monoisotopic (exact) mass is 508 g/mol. The maximum absolute atomic E-state index is 15.8. The Hall–Kier alpha value is -4.08. The first kappa shape index (κ1) is 26.0. The van der Waals surface area contributed by atoms with Crippen LogP contribution >= 0.6 is 0 Å². The van der Waals surface area contributed by atoms with Gasteiger partial charge in [0.15, 0.2) is 24.7 Å². The van der Waals surface area contributed by atoms with Crippen LogP contribution in [-0.4, -0.2) is 62.4 Å². The molecule has 0 amide bonds. The predicted octanol–water partition coefficient (Wildman–Crippen LogP) is 4.00. The first-order chi connectivity index (χ1) is 18.0. The van der Waals surface area contributed by atoms with E-state index in [2.05, 4.69) is 0 Å². The van der Waals surface area contributed by atoms with E-state index in [0.717, 1.165) is 0 Å². The maximum atomic E-state index is 15.8. The number of alkyl halides is 1. The van der Waals surface area contributed by atoms with Crippen molar-refractivity contribution in [3.8, 4) is 0 Å². The molecule has 9 heteroatoms. The highest BCUT2D eigenvalue weighted by Gasteiger charge is 2.51. The summed E-state index contributed by atoms with van der Waals surface area (Å²) in [5.74, 6) is -2.29. The van der Waals surface area contributed by atoms with Crippen molar-refractivity contribution in [2.45, 2.75) is 30.8 Å². The second-order valence-corrected chi connectivity index (χ2v) is 8.16. The van der Waals surface area contributed by atoms with Crippen LogP contribution < -0.4 is 0 Å². The number of halogens is 1. The van der Waals surface area contributed by atoms with E-state index in [4.69, 9.17) is 23.7 Å². The lowest BCUT2D eigenvalue weighted by Gasteiger charge is -2.41. The molecule has 1 saturated heterocycles. The lowest BCUT2D eigenvalue weighted by atomic mass is 9.99. The maximum Gasteiger partial charge on any atom is 0.338 e. The fourth-order valence-corrected chi connectivity index (χ4v) is 3.80. The van der Waals surface area contributed by atoms with Crippen LogP contribution in [0.2, 0.25) is 0 Å². The zero-order valence-corrected chi connectivity index (χ0v) is 19.9. The Morgan fingerprint density at radius 1 is 0.703 bits per heavy atom. The average Bonchev–Trinajstić information content (AvgIpc) is 2.95. The lowest BCUT2D eigenvalue weighted by Crippen LogP contribution is -2.60. The standard InChI is InChI=1S/C28H25FO8/c1-33-28-24(37-27(32)20-15-9-4-10-16-20)23(36-26(31)19-13-7-3-8-14-19)22(29)21(35-28)17-34-25(30)18-11-5-2-6-12-18/h2-16,21-24,28H,17H2,1H3/t21?,22-,23?,24?,28+/m0/s1. The summed E-state index contributed by atoms with van der Waals surface area (Å²) < 4.78 is 43.1. The smallest absolute Gasteiger partial charge is 0.338 e. The zero-order chi connectivity index (χ0) is 26.2. The third-order valence-electron chi connectivity index (χ3n) is 5.70. The van der Waals surface area contributed by atoms with E-state index in [-0.39, 0.29) is 16.7 Å². The van der Waals surface area contributed by atoms with E-state index in [1.54, 1.807) is 66.7 Å². The molecule has 0 aromatic heterocycles. The summed E-state index contributed by atoms with van der Waals surface area (Å²) in [5.41, 5.74) is 0.661. The minimum Gasteiger partial charge on any atom is -0.459 e. The highest BCUT2D eigenvalue weighted by atomic mass is 19.1. The van der Waals surface area contributed by atoms with E-state index >= 15 is 4.39 Å². The summed E-state index contributed by atoms with van der Waals surface area (Å²) >= 11 is 0. The van der Waals surface area contributed by atoms with E-state index < -0.39 is 55.3 Å². The van der Waals surface area contributed by atoms with Gasteiger partial charge in [-0.15, -0.1) is 0 Å². The number of methoxy groups -OCH3 is 1. The summed E-state index contributed by atoms with van der Waals surface area (Å²) in [6, 6.07) is 24.2. The Bertz CT molecular complexity index is 1190. The summed E-state index contributed by atoms with van der Waals surface area (Å²) in [6.45, 7) is -0.493. The molecule has 3 aromatic rings. The van der Waals surface area contributed by atoms with Crippen LogP contribution in [0.5, 0.6) is 0 Å². The van der Waals surface area contributed by atoms with Crippen molar-refractivity contribution in [2.24, 2.45) is 0 Å². The summed E-state index contributed by atoms with van der Waals surface area (Å²) in [5, 5.41) is 0. The van der Waals surface area contributed by atoms with Crippen LogP contribution in [0, 0.1) is 0 Å². The molecule has 8 nitrogen and oxygen atoms in total. The fourth-order valence-electron chi connectivity index (χ4n) is 3.80.